The number of piperidine rings is 2. The van der Waals surface area contributed by atoms with Crippen LogP contribution in [-0.4, -0.2) is 37.1 Å². The van der Waals surface area contributed by atoms with E-state index < -0.39 is 0 Å². The summed E-state index contributed by atoms with van der Waals surface area (Å²) in [6, 6.07) is 0.835. The number of likely N-dealkylation sites (tertiary alicyclic amines) is 1. The molecule has 0 radical (unpaired) electrons. The maximum atomic E-state index is 3.49. The largest absolute Gasteiger partial charge is 0.317 e. The van der Waals surface area contributed by atoms with E-state index in [9.17, 15) is 0 Å². The van der Waals surface area contributed by atoms with Crippen LogP contribution < -0.4 is 5.32 Å². The zero-order valence-electron chi connectivity index (χ0n) is 13.0. The first-order chi connectivity index (χ1) is 9.21. The zero-order chi connectivity index (χ0) is 13.3. The predicted octanol–water partition coefficient (Wildman–Crippen LogP) is 3.28. The molecule has 0 aromatic carbocycles. The fourth-order valence-electron chi connectivity index (χ4n) is 4.95. The van der Waals surface area contributed by atoms with Crippen LogP contribution in [0.1, 0.15) is 58.8 Å². The summed E-state index contributed by atoms with van der Waals surface area (Å²) in [4.78, 5) is 2.81. The zero-order valence-corrected chi connectivity index (χ0v) is 13.0. The molecular formula is C17H32N2. The van der Waals surface area contributed by atoms with Crippen LogP contribution in [0.25, 0.3) is 0 Å². The van der Waals surface area contributed by atoms with Gasteiger partial charge in [-0.25, -0.2) is 0 Å². The second kappa shape index (κ2) is 5.73. The van der Waals surface area contributed by atoms with Crippen molar-refractivity contribution in [2.24, 2.45) is 17.3 Å². The molecule has 3 fully saturated rings. The molecule has 1 spiro atoms. The molecule has 2 heterocycles. The Morgan fingerprint density at radius 3 is 2.47 bits per heavy atom. The molecule has 2 heteroatoms. The molecular weight excluding hydrogens is 232 g/mol. The summed E-state index contributed by atoms with van der Waals surface area (Å²) in [7, 11) is 0. The van der Waals surface area contributed by atoms with Gasteiger partial charge in [0.25, 0.3) is 0 Å². The predicted molar refractivity (Wildman–Crippen MR) is 81.3 cm³/mol. The van der Waals surface area contributed by atoms with E-state index >= 15 is 0 Å². The Morgan fingerprint density at radius 1 is 1.11 bits per heavy atom. The van der Waals surface area contributed by atoms with Crippen LogP contribution in [0.15, 0.2) is 0 Å². The lowest BCUT2D eigenvalue weighted by atomic mass is 9.56. The monoisotopic (exact) mass is 264 g/mol. The van der Waals surface area contributed by atoms with Crippen LogP contribution >= 0.6 is 0 Å². The van der Waals surface area contributed by atoms with Crippen molar-refractivity contribution in [3.8, 4) is 0 Å². The smallest absolute Gasteiger partial charge is 0.00723 e. The molecule has 1 N–H and O–H groups in total. The van der Waals surface area contributed by atoms with Gasteiger partial charge in [0.1, 0.15) is 0 Å². The number of nitrogens with zero attached hydrogens (tertiary/aromatic N) is 1. The average Bonchev–Trinajstić information content (AvgIpc) is 2.39. The minimum atomic E-state index is 0.769. The Morgan fingerprint density at radius 2 is 1.84 bits per heavy atom. The Labute approximate surface area is 119 Å². The Balaban J connectivity index is 1.48. The molecule has 2 nitrogen and oxygen atoms in total. The van der Waals surface area contributed by atoms with Crippen molar-refractivity contribution in [1.82, 2.24) is 10.2 Å². The summed E-state index contributed by atoms with van der Waals surface area (Å²) in [6.45, 7) is 10.1. The maximum Gasteiger partial charge on any atom is 0.00723 e. The summed E-state index contributed by atoms with van der Waals surface area (Å²) < 4.78 is 0. The Hall–Kier alpha value is -0.0800. The normalized spacial score (nSPS) is 41.4. The van der Waals surface area contributed by atoms with Gasteiger partial charge in [0.05, 0.1) is 0 Å². The van der Waals surface area contributed by atoms with Crippen molar-refractivity contribution in [3.63, 3.8) is 0 Å². The first-order valence-electron chi connectivity index (χ1n) is 8.65. The van der Waals surface area contributed by atoms with E-state index in [2.05, 4.69) is 24.1 Å². The highest BCUT2D eigenvalue weighted by atomic mass is 15.2. The van der Waals surface area contributed by atoms with E-state index in [1.54, 1.807) is 0 Å². The molecule has 19 heavy (non-hydrogen) atoms. The lowest BCUT2D eigenvalue weighted by Crippen LogP contribution is -2.52. The molecule has 1 aliphatic carbocycles. The van der Waals surface area contributed by atoms with Crippen molar-refractivity contribution in [2.75, 3.05) is 26.2 Å². The molecule has 0 bridgehead atoms. The third-order valence-electron chi connectivity index (χ3n) is 6.25. The van der Waals surface area contributed by atoms with Crippen molar-refractivity contribution >= 4 is 0 Å². The second-order valence-corrected chi connectivity index (χ2v) is 7.67. The number of rotatable bonds is 3. The SMILES string of the molecule is CCC1CC2(CCN(CC3CCNCC3)C(C)C2)C1. The summed E-state index contributed by atoms with van der Waals surface area (Å²) in [6.07, 6.45) is 10.2. The molecule has 3 aliphatic rings. The van der Waals surface area contributed by atoms with Crippen molar-refractivity contribution in [3.05, 3.63) is 0 Å². The van der Waals surface area contributed by atoms with Gasteiger partial charge in [-0.2, -0.15) is 0 Å². The fourth-order valence-corrected chi connectivity index (χ4v) is 4.95. The van der Waals surface area contributed by atoms with Crippen LogP contribution in [0.5, 0.6) is 0 Å². The summed E-state index contributed by atoms with van der Waals surface area (Å²) in [5.41, 5.74) is 0.769. The van der Waals surface area contributed by atoms with Crippen LogP contribution in [0, 0.1) is 17.3 Å². The van der Waals surface area contributed by atoms with Crippen LogP contribution in [0.4, 0.5) is 0 Å². The molecule has 1 atom stereocenters. The van der Waals surface area contributed by atoms with Crippen LogP contribution in [0.3, 0.4) is 0 Å². The number of hydrogen-bond acceptors (Lipinski definition) is 2. The van der Waals surface area contributed by atoms with Crippen molar-refractivity contribution in [2.45, 2.75) is 64.8 Å². The first-order valence-corrected chi connectivity index (χ1v) is 8.65. The summed E-state index contributed by atoms with van der Waals surface area (Å²) >= 11 is 0. The van der Waals surface area contributed by atoms with E-state index in [0.717, 1.165) is 23.3 Å². The van der Waals surface area contributed by atoms with Gasteiger partial charge in [-0.05, 0) is 82.3 Å². The number of nitrogens with one attached hydrogen (secondary N) is 1. The van der Waals surface area contributed by atoms with Gasteiger partial charge < -0.3 is 10.2 Å². The highest BCUT2D eigenvalue weighted by Gasteiger charge is 2.46. The molecule has 0 aromatic heterocycles. The summed E-state index contributed by atoms with van der Waals surface area (Å²) in [5.74, 6) is 2.02. The minimum absolute atomic E-state index is 0.769. The van der Waals surface area contributed by atoms with Gasteiger partial charge in [0.15, 0.2) is 0 Å². The lowest BCUT2D eigenvalue weighted by molar-refractivity contribution is -0.0426. The Bertz CT molecular complexity index is 290. The molecule has 2 aliphatic heterocycles. The van der Waals surface area contributed by atoms with Crippen LogP contribution in [-0.2, 0) is 0 Å². The molecule has 1 unspecified atom stereocenters. The third kappa shape index (κ3) is 3.00. The van der Waals surface area contributed by atoms with Gasteiger partial charge in [0.2, 0.25) is 0 Å². The highest BCUT2D eigenvalue weighted by Crippen LogP contribution is 2.54. The van der Waals surface area contributed by atoms with Gasteiger partial charge in [-0.15, -0.1) is 0 Å². The van der Waals surface area contributed by atoms with Crippen molar-refractivity contribution in [1.29, 1.82) is 0 Å². The maximum absolute atomic E-state index is 3.49. The van der Waals surface area contributed by atoms with Gasteiger partial charge in [-0.3, -0.25) is 0 Å². The minimum Gasteiger partial charge on any atom is -0.317 e. The van der Waals surface area contributed by atoms with E-state index in [-0.39, 0.29) is 0 Å². The molecule has 110 valence electrons. The number of hydrogen-bond donors (Lipinski definition) is 1. The standard InChI is InChI=1S/C17H32N2/c1-3-15-11-17(12-15)6-9-19(14(2)10-17)13-16-4-7-18-8-5-16/h14-16,18H,3-13H2,1-2H3. The van der Waals surface area contributed by atoms with Crippen molar-refractivity contribution < 1.29 is 0 Å². The van der Waals surface area contributed by atoms with E-state index in [1.807, 2.05) is 0 Å². The third-order valence-corrected chi connectivity index (χ3v) is 6.25. The van der Waals surface area contributed by atoms with E-state index in [0.29, 0.717) is 0 Å². The quantitative estimate of drug-likeness (QED) is 0.841. The van der Waals surface area contributed by atoms with E-state index in [4.69, 9.17) is 0 Å². The van der Waals surface area contributed by atoms with E-state index in [1.165, 1.54) is 71.1 Å². The van der Waals surface area contributed by atoms with Gasteiger partial charge in [-0.1, -0.05) is 13.3 Å². The average molecular weight is 264 g/mol. The summed E-state index contributed by atoms with van der Waals surface area (Å²) in [5, 5.41) is 3.49. The fraction of sp³-hybridized carbons (Fsp3) is 1.00. The molecule has 2 saturated heterocycles. The second-order valence-electron chi connectivity index (χ2n) is 7.67. The molecule has 0 aromatic rings. The van der Waals surface area contributed by atoms with Gasteiger partial charge in [0, 0.05) is 12.6 Å². The molecule has 1 saturated carbocycles. The topological polar surface area (TPSA) is 15.3 Å². The molecule has 0 amide bonds. The highest BCUT2D eigenvalue weighted by molar-refractivity contribution is 4.99. The first kappa shape index (κ1) is 13.9. The molecule has 3 rings (SSSR count). The van der Waals surface area contributed by atoms with Gasteiger partial charge >= 0.3 is 0 Å². The lowest BCUT2D eigenvalue weighted by Gasteiger charge is -2.55. The Kier molecular flexibility index (Phi) is 4.19. The van der Waals surface area contributed by atoms with Crippen LogP contribution in [0.2, 0.25) is 0 Å².